The Balaban J connectivity index is 1.25. The molecule has 5 heteroatoms. The van der Waals surface area contributed by atoms with Gasteiger partial charge in [0.2, 0.25) is 5.91 Å². The Kier molecular flexibility index (Phi) is 4.82. The van der Waals surface area contributed by atoms with Crippen LogP contribution in [0, 0.1) is 11.8 Å². The molecule has 0 N–H and O–H groups in total. The molecule has 1 aromatic carbocycles. The van der Waals surface area contributed by atoms with E-state index < -0.39 is 0 Å². The van der Waals surface area contributed by atoms with Crippen LogP contribution < -0.4 is 4.74 Å². The highest BCUT2D eigenvalue weighted by molar-refractivity contribution is 5.84. The maximum atomic E-state index is 13.6. The van der Waals surface area contributed by atoms with Crippen LogP contribution in [0.15, 0.2) is 42.1 Å². The van der Waals surface area contributed by atoms with Crippen LogP contribution in [0.3, 0.4) is 0 Å². The van der Waals surface area contributed by atoms with Crippen molar-refractivity contribution in [2.75, 3.05) is 26.7 Å². The molecule has 0 saturated carbocycles. The van der Waals surface area contributed by atoms with E-state index in [1.165, 1.54) is 45.2 Å². The second-order valence-electron chi connectivity index (χ2n) is 9.96. The largest absolute Gasteiger partial charge is 0.497 e. The van der Waals surface area contributed by atoms with Gasteiger partial charge in [-0.05, 0) is 74.8 Å². The predicted octanol–water partition coefficient (Wildman–Crippen LogP) is 4.07. The molecule has 3 aliphatic heterocycles. The van der Waals surface area contributed by atoms with Gasteiger partial charge in [0, 0.05) is 36.2 Å². The second kappa shape index (κ2) is 7.70. The topological polar surface area (TPSA) is 37.7 Å². The summed E-state index contributed by atoms with van der Waals surface area (Å²) < 4.78 is 7.45. The van der Waals surface area contributed by atoms with Gasteiger partial charge in [-0.1, -0.05) is 18.1 Å². The summed E-state index contributed by atoms with van der Waals surface area (Å²) in [6.07, 6.45) is 12.3. The van der Waals surface area contributed by atoms with E-state index in [-0.39, 0.29) is 5.91 Å². The summed E-state index contributed by atoms with van der Waals surface area (Å²) in [5, 5.41) is 1.12. The summed E-state index contributed by atoms with van der Waals surface area (Å²) in [5.74, 6) is 2.44. The molecule has 164 valence electrons. The first kappa shape index (κ1) is 19.4. The first-order chi connectivity index (χ1) is 15.2. The molecule has 0 unspecified atom stereocenters. The number of rotatable bonds is 3. The van der Waals surface area contributed by atoms with Crippen LogP contribution in [0.2, 0.25) is 0 Å². The number of aromatic nitrogens is 1. The van der Waals surface area contributed by atoms with E-state index in [4.69, 9.17) is 4.74 Å². The maximum Gasteiger partial charge on any atom is 0.243 e. The molecule has 3 saturated heterocycles. The Hall–Kier alpha value is -2.27. The fourth-order valence-electron chi connectivity index (χ4n) is 6.93. The molecule has 0 radical (unpaired) electrons. The number of piperidine rings is 3. The standard InChI is InChI=1S/C26H33N3O2/c1-31-22-7-8-24-18(15-22)9-12-28(24)17-25(30)29-11-4-5-19-13-20-14-21(26(19)29)16-27-10-3-2-6-23(20)27/h7-9,12-13,15,20-21,23,26H,2-6,10-11,14,16-17H2,1H3/t20-,21+,23-,26+/m0/s1. The van der Waals surface area contributed by atoms with Gasteiger partial charge >= 0.3 is 0 Å². The van der Waals surface area contributed by atoms with Crippen LogP contribution in [-0.4, -0.2) is 59.1 Å². The van der Waals surface area contributed by atoms with Crippen molar-refractivity contribution < 1.29 is 9.53 Å². The van der Waals surface area contributed by atoms with Crippen molar-refractivity contribution in [2.45, 2.75) is 57.2 Å². The Bertz CT molecular complexity index is 1020. The van der Waals surface area contributed by atoms with E-state index >= 15 is 0 Å². The van der Waals surface area contributed by atoms with Crippen molar-refractivity contribution in [3.63, 3.8) is 0 Å². The van der Waals surface area contributed by atoms with E-state index in [2.05, 4.69) is 32.6 Å². The van der Waals surface area contributed by atoms with Crippen LogP contribution in [0.4, 0.5) is 0 Å². The third-order valence-electron chi connectivity index (χ3n) is 8.26. The monoisotopic (exact) mass is 419 g/mol. The molecule has 2 aromatic rings. The Labute approximate surface area is 184 Å². The SMILES string of the molecule is COc1ccc2c(ccn2CC(=O)N2CCCC3=C[C@H]4C[C@H](CN5CCCC[C@@H]45)[C@@H]32)c1. The molecule has 5 nitrogen and oxygen atoms in total. The lowest BCUT2D eigenvalue weighted by Crippen LogP contribution is -2.60. The first-order valence-corrected chi connectivity index (χ1v) is 12.1. The number of methoxy groups -OCH3 is 1. The molecule has 4 heterocycles. The first-order valence-electron chi connectivity index (χ1n) is 12.1. The Morgan fingerprint density at radius 3 is 3.00 bits per heavy atom. The van der Waals surface area contributed by atoms with Gasteiger partial charge in [0.1, 0.15) is 12.3 Å². The highest BCUT2D eigenvalue weighted by atomic mass is 16.5. The number of fused-ring (bicyclic) bond motifs is 7. The minimum Gasteiger partial charge on any atom is -0.497 e. The number of likely N-dealkylation sites (tertiary alicyclic amines) is 1. The molecule has 31 heavy (non-hydrogen) atoms. The van der Waals surface area contributed by atoms with Gasteiger partial charge in [-0.3, -0.25) is 9.69 Å². The number of ether oxygens (including phenoxy) is 1. The van der Waals surface area contributed by atoms with E-state index in [0.717, 1.165) is 35.7 Å². The number of nitrogens with zero attached hydrogens (tertiary/aromatic N) is 3. The van der Waals surface area contributed by atoms with E-state index in [1.807, 2.05) is 18.3 Å². The van der Waals surface area contributed by atoms with Crippen LogP contribution in [0.1, 0.15) is 38.5 Å². The molecule has 1 aromatic heterocycles. The van der Waals surface area contributed by atoms with Crippen molar-refractivity contribution in [3.8, 4) is 5.75 Å². The average molecular weight is 420 g/mol. The Morgan fingerprint density at radius 1 is 1.16 bits per heavy atom. The highest BCUT2D eigenvalue weighted by Crippen LogP contribution is 2.45. The average Bonchev–Trinajstić information content (AvgIpc) is 3.20. The smallest absolute Gasteiger partial charge is 0.243 e. The van der Waals surface area contributed by atoms with E-state index in [1.54, 1.807) is 12.7 Å². The van der Waals surface area contributed by atoms with Crippen LogP contribution in [-0.2, 0) is 11.3 Å². The molecule has 4 atom stereocenters. The number of hydrogen-bond acceptors (Lipinski definition) is 3. The van der Waals surface area contributed by atoms with Crippen molar-refractivity contribution in [1.82, 2.24) is 14.4 Å². The summed E-state index contributed by atoms with van der Waals surface area (Å²) in [6, 6.07) is 9.23. The quantitative estimate of drug-likeness (QED) is 0.704. The zero-order valence-electron chi connectivity index (χ0n) is 18.5. The summed E-state index contributed by atoms with van der Waals surface area (Å²) in [7, 11) is 1.69. The van der Waals surface area contributed by atoms with Gasteiger partial charge in [-0.2, -0.15) is 0 Å². The summed E-state index contributed by atoms with van der Waals surface area (Å²) in [5.41, 5.74) is 2.66. The normalized spacial score (nSPS) is 30.5. The summed E-state index contributed by atoms with van der Waals surface area (Å²) in [6.45, 7) is 3.75. The van der Waals surface area contributed by atoms with Gasteiger partial charge in [-0.25, -0.2) is 0 Å². The molecular weight excluding hydrogens is 386 g/mol. The summed E-state index contributed by atoms with van der Waals surface area (Å²) >= 11 is 0. The minimum atomic E-state index is 0.267. The van der Waals surface area contributed by atoms with Gasteiger partial charge in [0.15, 0.2) is 0 Å². The van der Waals surface area contributed by atoms with E-state index in [0.29, 0.717) is 24.4 Å². The van der Waals surface area contributed by atoms with Crippen molar-refractivity contribution in [2.24, 2.45) is 11.8 Å². The molecule has 0 spiro atoms. The maximum absolute atomic E-state index is 13.6. The summed E-state index contributed by atoms with van der Waals surface area (Å²) in [4.78, 5) is 18.6. The zero-order valence-corrected chi connectivity index (χ0v) is 18.5. The molecule has 1 aliphatic carbocycles. The van der Waals surface area contributed by atoms with Gasteiger partial charge < -0.3 is 14.2 Å². The number of benzene rings is 1. The lowest BCUT2D eigenvalue weighted by molar-refractivity contribution is -0.136. The van der Waals surface area contributed by atoms with Crippen molar-refractivity contribution in [1.29, 1.82) is 0 Å². The van der Waals surface area contributed by atoms with Crippen LogP contribution in [0.25, 0.3) is 10.9 Å². The number of amides is 1. The number of carbonyl (C=O) groups is 1. The number of carbonyl (C=O) groups excluding carboxylic acids is 1. The predicted molar refractivity (Wildman–Crippen MR) is 122 cm³/mol. The third kappa shape index (κ3) is 3.29. The molecule has 4 aliphatic rings. The number of hydrogen-bond donors (Lipinski definition) is 0. The molecule has 1 amide bonds. The van der Waals surface area contributed by atoms with E-state index in [9.17, 15) is 4.79 Å². The molecule has 3 fully saturated rings. The second-order valence-corrected chi connectivity index (χ2v) is 9.96. The zero-order chi connectivity index (χ0) is 20.9. The minimum absolute atomic E-state index is 0.267. The molecule has 2 bridgehead atoms. The molecular formula is C26H33N3O2. The lowest BCUT2D eigenvalue weighted by Gasteiger charge is -2.54. The van der Waals surface area contributed by atoms with Crippen LogP contribution in [0.5, 0.6) is 5.75 Å². The fraction of sp³-hybridized carbons (Fsp3) is 0.577. The fourth-order valence-corrected chi connectivity index (χ4v) is 6.93. The van der Waals surface area contributed by atoms with Gasteiger partial charge in [0.25, 0.3) is 0 Å². The lowest BCUT2D eigenvalue weighted by atomic mass is 9.68. The highest BCUT2D eigenvalue weighted by Gasteiger charge is 2.46. The van der Waals surface area contributed by atoms with Crippen molar-refractivity contribution in [3.05, 3.63) is 42.1 Å². The van der Waals surface area contributed by atoms with Crippen LogP contribution >= 0.6 is 0 Å². The Morgan fingerprint density at radius 2 is 2.10 bits per heavy atom. The third-order valence-corrected chi connectivity index (χ3v) is 8.26. The molecule has 6 rings (SSSR count). The van der Waals surface area contributed by atoms with Crippen molar-refractivity contribution >= 4 is 16.8 Å². The van der Waals surface area contributed by atoms with Gasteiger partial charge in [0.05, 0.1) is 13.2 Å². The van der Waals surface area contributed by atoms with Gasteiger partial charge in [-0.15, -0.1) is 0 Å².